The van der Waals surface area contributed by atoms with E-state index in [1.165, 1.54) is 6.07 Å². The van der Waals surface area contributed by atoms with E-state index < -0.39 is 15.7 Å². The van der Waals surface area contributed by atoms with E-state index in [4.69, 9.17) is 33.7 Å². The van der Waals surface area contributed by atoms with E-state index in [2.05, 4.69) is 4.90 Å². The van der Waals surface area contributed by atoms with E-state index in [1.54, 1.807) is 18.2 Å². The SMILES string of the molecule is CS(=O)(=O)c1cc(C(N)=O)cc2c1C(c1ccc(OC3CCN(CCCF)C3)cc1)=C(c1ccc(Cl)cc1Cl)CCC2. The number of ether oxygens (including phenoxy) is 1. The number of alkyl halides is 1. The second-order valence-electron chi connectivity index (χ2n) is 10.9. The molecule has 3 aromatic carbocycles. The van der Waals surface area contributed by atoms with Crippen LogP contribution in [0.4, 0.5) is 4.39 Å². The van der Waals surface area contributed by atoms with Gasteiger partial charge in [0.25, 0.3) is 0 Å². The number of carbonyl (C=O) groups excluding carboxylic acids is 1. The first kappa shape index (κ1) is 30.5. The van der Waals surface area contributed by atoms with Gasteiger partial charge >= 0.3 is 0 Å². The smallest absolute Gasteiger partial charge is 0.248 e. The predicted molar refractivity (Wildman–Crippen MR) is 166 cm³/mol. The molecule has 1 atom stereocenters. The number of carbonyl (C=O) groups is 1. The van der Waals surface area contributed by atoms with Crippen molar-refractivity contribution in [2.45, 2.75) is 43.1 Å². The van der Waals surface area contributed by atoms with Gasteiger partial charge in [0.1, 0.15) is 11.9 Å². The number of hydrogen-bond acceptors (Lipinski definition) is 5. The molecule has 1 saturated heterocycles. The van der Waals surface area contributed by atoms with Gasteiger partial charge in [0.05, 0.1) is 11.6 Å². The number of benzene rings is 3. The van der Waals surface area contributed by atoms with Crippen molar-refractivity contribution in [3.05, 3.63) is 92.5 Å². The fourth-order valence-corrected chi connectivity index (χ4v) is 7.38. The van der Waals surface area contributed by atoms with Gasteiger partial charge in [0.15, 0.2) is 9.84 Å². The Balaban J connectivity index is 1.63. The number of nitrogens with two attached hydrogens (primary N) is 1. The number of rotatable bonds is 9. The van der Waals surface area contributed by atoms with Gasteiger partial charge in [-0.1, -0.05) is 41.4 Å². The molecular formula is C32H33Cl2FN2O4S. The molecule has 6 nitrogen and oxygen atoms in total. The fraction of sp³-hybridized carbons (Fsp3) is 0.344. The summed E-state index contributed by atoms with van der Waals surface area (Å²) >= 11 is 12.9. The standard InChI is InChI=1S/C32H33Cl2FN2O4S/c1-42(39,40)29-17-22(32(36)38)16-21-4-2-5-27(26-11-8-23(33)18-28(26)34)30(31(21)29)20-6-9-24(10-7-20)41-25-12-15-37(19-25)14-3-13-35/h6-11,16-18,25H,2-5,12-15,19H2,1H3,(H2,36,38). The summed E-state index contributed by atoms with van der Waals surface area (Å²) in [4.78, 5) is 14.4. The maximum Gasteiger partial charge on any atom is 0.248 e. The molecule has 1 amide bonds. The van der Waals surface area contributed by atoms with E-state index in [0.29, 0.717) is 47.0 Å². The van der Waals surface area contributed by atoms with E-state index >= 15 is 0 Å². The third kappa shape index (κ3) is 6.67. The molecule has 0 spiro atoms. The highest BCUT2D eigenvalue weighted by atomic mass is 35.5. The van der Waals surface area contributed by atoms with Crippen LogP contribution in [-0.4, -0.2) is 57.9 Å². The molecular weight excluding hydrogens is 598 g/mol. The minimum atomic E-state index is -3.76. The first-order valence-corrected chi connectivity index (χ1v) is 16.6. The zero-order valence-corrected chi connectivity index (χ0v) is 25.7. The molecule has 0 bridgehead atoms. The number of sulfone groups is 1. The molecule has 5 rings (SSSR count). The molecule has 0 radical (unpaired) electrons. The number of nitrogens with zero attached hydrogens (tertiary/aromatic N) is 1. The van der Waals surface area contributed by atoms with Gasteiger partial charge in [0, 0.05) is 47.1 Å². The summed E-state index contributed by atoms with van der Waals surface area (Å²) in [5.41, 5.74) is 10.2. The Hall–Kier alpha value is -2.91. The van der Waals surface area contributed by atoms with Crippen molar-refractivity contribution in [1.82, 2.24) is 4.90 Å². The Morgan fingerprint density at radius 1 is 1.10 bits per heavy atom. The Labute approximate surface area is 256 Å². The van der Waals surface area contributed by atoms with E-state index in [0.717, 1.165) is 60.1 Å². The van der Waals surface area contributed by atoms with Gasteiger partial charge < -0.3 is 10.5 Å². The molecule has 2 aliphatic rings. The van der Waals surface area contributed by atoms with Gasteiger partial charge in [-0.2, -0.15) is 0 Å². The van der Waals surface area contributed by atoms with E-state index in [-0.39, 0.29) is 23.2 Å². The number of allylic oxidation sites excluding steroid dienone is 1. The summed E-state index contributed by atoms with van der Waals surface area (Å²) in [5.74, 6) is 0.0131. The van der Waals surface area contributed by atoms with Crippen molar-refractivity contribution in [3.8, 4) is 5.75 Å². The summed E-state index contributed by atoms with van der Waals surface area (Å²) in [6, 6.07) is 16.0. The van der Waals surface area contributed by atoms with Gasteiger partial charge in [-0.15, -0.1) is 0 Å². The van der Waals surface area contributed by atoms with Crippen LogP contribution >= 0.6 is 23.2 Å². The second kappa shape index (κ2) is 12.8. The topological polar surface area (TPSA) is 89.7 Å². The lowest BCUT2D eigenvalue weighted by Crippen LogP contribution is -2.26. The minimum absolute atomic E-state index is 0.0146. The lowest BCUT2D eigenvalue weighted by molar-refractivity contribution is 0.1000. The fourth-order valence-electron chi connectivity index (χ4n) is 5.91. The zero-order valence-electron chi connectivity index (χ0n) is 23.3. The van der Waals surface area contributed by atoms with Crippen molar-refractivity contribution in [2.24, 2.45) is 5.73 Å². The summed E-state index contributed by atoms with van der Waals surface area (Å²) in [7, 11) is -3.76. The van der Waals surface area contributed by atoms with Gasteiger partial charge in [-0.3, -0.25) is 14.1 Å². The van der Waals surface area contributed by atoms with Crippen LogP contribution in [0.2, 0.25) is 10.0 Å². The van der Waals surface area contributed by atoms with E-state index in [1.807, 2.05) is 30.3 Å². The second-order valence-corrected chi connectivity index (χ2v) is 13.7. The van der Waals surface area contributed by atoms with Gasteiger partial charge in [-0.05, 0) is 96.3 Å². The number of primary amides is 1. The number of aryl methyl sites for hydroxylation is 1. The molecule has 3 aromatic rings. The highest BCUT2D eigenvalue weighted by Gasteiger charge is 2.29. The quantitative estimate of drug-likeness (QED) is 0.287. The Morgan fingerprint density at radius 3 is 2.52 bits per heavy atom. The molecule has 2 N–H and O–H groups in total. The van der Waals surface area contributed by atoms with Crippen molar-refractivity contribution in [2.75, 3.05) is 32.6 Å². The van der Waals surface area contributed by atoms with Crippen molar-refractivity contribution < 1.29 is 22.3 Å². The molecule has 0 saturated carbocycles. The monoisotopic (exact) mass is 630 g/mol. The average molecular weight is 632 g/mol. The highest BCUT2D eigenvalue weighted by Crippen LogP contribution is 2.45. The van der Waals surface area contributed by atoms with Crippen LogP contribution in [0.3, 0.4) is 0 Å². The van der Waals surface area contributed by atoms with Crippen LogP contribution in [0.5, 0.6) is 5.75 Å². The number of hydrogen-bond donors (Lipinski definition) is 1. The maximum absolute atomic E-state index is 13.2. The largest absolute Gasteiger partial charge is 0.489 e. The van der Waals surface area contributed by atoms with Crippen molar-refractivity contribution in [3.63, 3.8) is 0 Å². The number of fused-ring (bicyclic) bond motifs is 1. The highest BCUT2D eigenvalue weighted by molar-refractivity contribution is 7.90. The lowest BCUT2D eigenvalue weighted by Gasteiger charge is -2.21. The minimum Gasteiger partial charge on any atom is -0.489 e. The number of halogens is 3. The summed E-state index contributed by atoms with van der Waals surface area (Å²) in [6.45, 7) is 2.02. The molecule has 42 heavy (non-hydrogen) atoms. The third-order valence-corrected chi connectivity index (χ3v) is 9.50. The van der Waals surface area contributed by atoms with Crippen LogP contribution in [0, 0.1) is 0 Å². The molecule has 10 heteroatoms. The normalized spacial score (nSPS) is 17.7. The van der Waals surface area contributed by atoms with Gasteiger partial charge in [0.2, 0.25) is 5.91 Å². The molecule has 1 aliphatic heterocycles. The van der Waals surface area contributed by atoms with Crippen LogP contribution < -0.4 is 10.5 Å². The molecule has 1 heterocycles. The third-order valence-electron chi connectivity index (χ3n) is 7.83. The summed E-state index contributed by atoms with van der Waals surface area (Å²) < 4.78 is 45.2. The van der Waals surface area contributed by atoms with Crippen LogP contribution in [-0.2, 0) is 16.3 Å². The Kier molecular flexibility index (Phi) is 9.28. The van der Waals surface area contributed by atoms with Crippen LogP contribution in [0.1, 0.15) is 58.3 Å². The lowest BCUT2D eigenvalue weighted by atomic mass is 9.87. The first-order valence-electron chi connectivity index (χ1n) is 14.0. The summed E-state index contributed by atoms with van der Waals surface area (Å²) in [5, 5.41) is 0.964. The molecule has 1 aliphatic carbocycles. The van der Waals surface area contributed by atoms with Gasteiger partial charge in [-0.25, -0.2) is 8.42 Å². The van der Waals surface area contributed by atoms with Crippen molar-refractivity contribution in [1.29, 1.82) is 0 Å². The summed E-state index contributed by atoms with van der Waals surface area (Å²) in [6.07, 6.45) is 4.42. The Bertz CT molecular complexity index is 1640. The molecule has 222 valence electrons. The maximum atomic E-state index is 13.2. The number of likely N-dealkylation sites (tertiary alicyclic amines) is 1. The zero-order chi connectivity index (χ0) is 30.0. The van der Waals surface area contributed by atoms with Crippen LogP contribution in [0.25, 0.3) is 11.1 Å². The Morgan fingerprint density at radius 2 is 1.86 bits per heavy atom. The molecule has 0 aromatic heterocycles. The van der Waals surface area contributed by atoms with E-state index in [9.17, 15) is 17.6 Å². The molecule has 1 fully saturated rings. The van der Waals surface area contributed by atoms with Crippen LogP contribution in [0.15, 0.2) is 59.5 Å². The predicted octanol–water partition coefficient (Wildman–Crippen LogP) is 6.60. The average Bonchev–Trinajstić information content (AvgIpc) is 3.29. The number of amides is 1. The van der Waals surface area contributed by atoms with Crippen molar-refractivity contribution >= 4 is 50.1 Å². The first-order chi connectivity index (χ1) is 20.0. The molecule has 1 unspecified atom stereocenters.